The van der Waals surface area contributed by atoms with Crippen molar-refractivity contribution in [1.29, 1.82) is 0 Å². The molecule has 1 saturated heterocycles. The highest BCUT2D eigenvalue weighted by Crippen LogP contribution is 2.28. The Morgan fingerprint density at radius 3 is 2.73 bits per heavy atom. The summed E-state index contributed by atoms with van der Waals surface area (Å²) in [6.07, 6.45) is 2.01. The van der Waals surface area contributed by atoms with Gasteiger partial charge in [-0.2, -0.15) is 0 Å². The van der Waals surface area contributed by atoms with Crippen LogP contribution in [0.2, 0.25) is 5.02 Å². The van der Waals surface area contributed by atoms with E-state index in [1.165, 1.54) is 0 Å². The highest BCUT2D eigenvalue weighted by Gasteiger charge is 2.32. The summed E-state index contributed by atoms with van der Waals surface area (Å²) in [5.74, 6) is -0.0902. The van der Waals surface area contributed by atoms with Gasteiger partial charge in [-0.1, -0.05) is 11.6 Å². The van der Waals surface area contributed by atoms with Gasteiger partial charge in [-0.15, -0.1) is 12.4 Å². The number of methoxy groups -OCH3 is 1. The molecule has 4 nitrogen and oxygen atoms in total. The number of rotatable bonds is 5. The standard InChI is InChI=1S/C15H20BrClN2O2.ClH/c1-21-10-15(4-6-18-7-5-15)9-19-14(20)12-3-2-11(17)8-13(12)16;/h2-3,8,18H,4-7,9-10H2,1H3,(H,19,20);1H. The number of hydrogen-bond acceptors (Lipinski definition) is 3. The van der Waals surface area contributed by atoms with Crippen molar-refractivity contribution in [2.45, 2.75) is 12.8 Å². The fourth-order valence-electron chi connectivity index (χ4n) is 2.67. The lowest BCUT2D eigenvalue weighted by Gasteiger charge is -2.37. The third-order valence-electron chi connectivity index (χ3n) is 3.91. The van der Waals surface area contributed by atoms with E-state index in [2.05, 4.69) is 26.6 Å². The van der Waals surface area contributed by atoms with Crippen molar-refractivity contribution in [3.05, 3.63) is 33.3 Å². The molecule has 22 heavy (non-hydrogen) atoms. The van der Waals surface area contributed by atoms with Crippen LogP contribution in [0, 0.1) is 5.41 Å². The van der Waals surface area contributed by atoms with Crippen molar-refractivity contribution < 1.29 is 9.53 Å². The van der Waals surface area contributed by atoms with Gasteiger partial charge < -0.3 is 15.4 Å². The van der Waals surface area contributed by atoms with Crippen molar-refractivity contribution in [3.63, 3.8) is 0 Å². The molecule has 2 rings (SSSR count). The topological polar surface area (TPSA) is 50.4 Å². The van der Waals surface area contributed by atoms with Crippen LogP contribution in [0.5, 0.6) is 0 Å². The average Bonchev–Trinajstić information content (AvgIpc) is 2.46. The lowest BCUT2D eigenvalue weighted by molar-refractivity contribution is 0.0511. The van der Waals surface area contributed by atoms with Gasteiger partial charge in [0.05, 0.1) is 12.2 Å². The summed E-state index contributed by atoms with van der Waals surface area (Å²) in [6.45, 7) is 3.21. The second kappa shape index (κ2) is 9.08. The molecule has 1 aliphatic rings. The molecule has 124 valence electrons. The molecule has 0 radical (unpaired) electrons. The average molecular weight is 412 g/mol. The quantitative estimate of drug-likeness (QED) is 0.781. The molecule has 1 aromatic carbocycles. The van der Waals surface area contributed by atoms with E-state index in [1.54, 1.807) is 25.3 Å². The molecule has 0 aromatic heterocycles. The fraction of sp³-hybridized carbons (Fsp3) is 0.533. The maximum Gasteiger partial charge on any atom is 0.252 e. The van der Waals surface area contributed by atoms with E-state index in [0.717, 1.165) is 25.9 Å². The molecule has 1 aliphatic heterocycles. The molecule has 1 heterocycles. The van der Waals surface area contributed by atoms with E-state index in [1.807, 2.05) is 0 Å². The van der Waals surface area contributed by atoms with Gasteiger partial charge in [0.15, 0.2) is 0 Å². The SMILES string of the molecule is COCC1(CNC(=O)c2ccc(Cl)cc2Br)CCNCC1.Cl. The van der Waals surface area contributed by atoms with Crippen LogP contribution in [0.15, 0.2) is 22.7 Å². The van der Waals surface area contributed by atoms with Crippen LogP contribution in [0.25, 0.3) is 0 Å². The lowest BCUT2D eigenvalue weighted by atomic mass is 9.79. The molecular weight excluding hydrogens is 391 g/mol. The van der Waals surface area contributed by atoms with Crippen LogP contribution in [0.4, 0.5) is 0 Å². The largest absolute Gasteiger partial charge is 0.384 e. The minimum Gasteiger partial charge on any atom is -0.384 e. The number of nitrogens with one attached hydrogen (secondary N) is 2. The molecule has 2 N–H and O–H groups in total. The Hall–Kier alpha value is -0.330. The molecular formula is C15H21BrCl2N2O2. The molecule has 0 bridgehead atoms. The molecule has 0 aliphatic carbocycles. The summed E-state index contributed by atoms with van der Waals surface area (Å²) >= 11 is 9.28. The first-order valence-corrected chi connectivity index (χ1v) is 8.16. The number of benzene rings is 1. The van der Waals surface area contributed by atoms with Crippen molar-refractivity contribution in [1.82, 2.24) is 10.6 Å². The van der Waals surface area contributed by atoms with Gasteiger partial charge in [0.2, 0.25) is 0 Å². The number of piperidine rings is 1. The Morgan fingerprint density at radius 2 is 2.14 bits per heavy atom. The molecule has 1 amide bonds. The first kappa shape index (κ1) is 19.7. The summed E-state index contributed by atoms with van der Waals surface area (Å²) in [4.78, 5) is 12.3. The first-order valence-electron chi connectivity index (χ1n) is 6.99. The third kappa shape index (κ3) is 5.10. The normalized spacial score (nSPS) is 16.7. The second-order valence-corrected chi connectivity index (χ2v) is 6.78. The zero-order chi connectivity index (χ0) is 15.3. The monoisotopic (exact) mass is 410 g/mol. The van der Waals surface area contributed by atoms with Crippen LogP contribution >= 0.6 is 39.9 Å². The summed E-state index contributed by atoms with van der Waals surface area (Å²) in [5.41, 5.74) is 0.620. The molecule has 7 heteroatoms. The van der Waals surface area contributed by atoms with Crippen molar-refractivity contribution in [2.24, 2.45) is 5.41 Å². The Bertz CT molecular complexity index is 503. The van der Waals surface area contributed by atoms with Crippen LogP contribution in [-0.4, -0.2) is 39.3 Å². The van der Waals surface area contributed by atoms with Gasteiger partial charge in [-0.3, -0.25) is 4.79 Å². The van der Waals surface area contributed by atoms with E-state index < -0.39 is 0 Å². The van der Waals surface area contributed by atoms with Gasteiger partial charge in [0.1, 0.15) is 0 Å². The maximum atomic E-state index is 12.3. The minimum atomic E-state index is -0.0902. The van der Waals surface area contributed by atoms with Gasteiger partial charge in [0, 0.05) is 28.6 Å². The van der Waals surface area contributed by atoms with Gasteiger partial charge in [0.25, 0.3) is 5.91 Å². The highest BCUT2D eigenvalue weighted by atomic mass is 79.9. The van der Waals surface area contributed by atoms with Crippen LogP contribution in [0.3, 0.4) is 0 Å². The highest BCUT2D eigenvalue weighted by molar-refractivity contribution is 9.10. The summed E-state index contributed by atoms with van der Waals surface area (Å²) in [7, 11) is 1.71. The molecule has 0 atom stereocenters. The van der Waals surface area contributed by atoms with E-state index >= 15 is 0 Å². The van der Waals surface area contributed by atoms with E-state index in [9.17, 15) is 4.79 Å². The third-order valence-corrected chi connectivity index (χ3v) is 4.81. The van der Waals surface area contributed by atoms with Crippen LogP contribution in [-0.2, 0) is 4.74 Å². The summed E-state index contributed by atoms with van der Waals surface area (Å²) in [6, 6.07) is 5.18. The van der Waals surface area contributed by atoms with E-state index in [0.29, 0.717) is 28.2 Å². The summed E-state index contributed by atoms with van der Waals surface area (Å²) < 4.78 is 6.06. The number of halogens is 3. The predicted molar refractivity (Wildman–Crippen MR) is 95.1 cm³/mol. The van der Waals surface area contributed by atoms with E-state index in [-0.39, 0.29) is 23.7 Å². The van der Waals surface area contributed by atoms with Crippen LogP contribution in [0.1, 0.15) is 23.2 Å². The summed E-state index contributed by atoms with van der Waals surface area (Å²) in [5, 5.41) is 6.98. The fourth-order valence-corrected chi connectivity index (χ4v) is 3.53. The first-order chi connectivity index (χ1) is 10.1. The van der Waals surface area contributed by atoms with E-state index in [4.69, 9.17) is 16.3 Å². The number of carbonyl (C=O) groups is 1. The number of ether oxygens (including phenoxy) is 1. The second-order valence-electron chi connectivity index (χ2n) is 5.49. The Morgan fingerprint density at radius 1 is 1.45 bits per heavy atom. The Kier molecular flexibility index (Phi) is 8.14. The molecule has 1 fully saturated rings. The van der Waals surface area contributed by atoms with Crippen molar-refractivity contribution in [3.8, 4) is 0 Å². The van der Waals surface area contributed by atoms with Gasteiger partial charge >= 0.3 is 0 Å². The number of hydrogen-bond donors (Lipinski definition) is 2. The van der Waals surface area contributed by atoms with Crippen LogP contribution < -0.4 is 10.6 Å². The predicted octanol–water partition coefficient (Wildman–Crippen LogP) is 3.27. The smallest absolute Gasteiger partial charge is 0.252 e. The zero-order valence-electron chi connectivity index (χ0n) is 12.5. The number of amides is 1. The van der Waals surface area contributed by atoms with Crippen molar-refractivity contribution in [2.75, 3.05) is 33.4 Å². The van der Waals surface area contributed by atoms with Gasteiger partial charge in [-0.25, -0.2) is 0 Å². The molecule has 0 saturated carbocycles. The zero-order valence-corrected chi connectivity index (χ0v) is 15.6. The Labute approximate surface area is 150 Å². The molecule has 0 spiro atoms. The molecule has 1 aromatic rings. The Balaban J connectivity index is 0.00000242. The number of carbonyl (C=O) groups excluding carboxylic acids is 1. The minimum absolute atomic E-state index is 0. The van der Waals surface area contributed by atoms with Gasteiger partial charge in [-0.05, 0) is 60.1 Å². The maximum absolute atomic E-state index is 12.3. The lowest BCUT2D eigenvalue weighted by Crippen LogP contribution is -2.47. The molecule has 0 unspecified atom stereocenters. The van der Waals surface area contributed by atoms with Crippen molar-refractivity contribution >= 4 is 45.8 Å².